The summed E-state index contributed by atoms with van der Waals surface area (Å²) in [4.78, 5) is 14.9. The average molecular weight is 371 g/mol. The van der Waals surface area contributed by atoms with Crippen LogP contribution in [0.5, 0.6) is 5.75 Å². The van der Waals surface area contributed by atoms with E-state index < -0.39 is 0 Å². The van der Waals surface area contributed by atoms with Gasteiger partial charge in [-0.25, -0.2) is 4.68 Å². The van der Waals surface area contributed by atoms with Gasteiger partial charge in [-0.05, 0) is 50.7 Å². The monoisotopic (exact) mass is 371 g/mol. The maximum Gasteiger partial charge on any atom is 0.274 e. The number of nitrogens with one attached hydrogen (secondary N) is 1. The second-order valence-corrected chi connectivity index (χ2v) is 7.19. The van der Waals surface area contributed by atoms with E-state index in [0.29, 0.717) is 18.8 Å². The number of hydrogen-bond donors (Lipinski definition) is 1. The lowest BCUT2D eigenvalue weighted by molar-refractivity contribution is -0.00181. The minimum atomic E-state index is -0.155. The van der Waals surface area contributed by atoms with Crippen LogP contribution in [0.25, 0.3) is 0 Å². The van der Waals surface area contributed by atoms with Crippen LogP contribution >= 0.6 is 0 Å². The van der Waals surface area contributed by atoms with Gasteiger partial charge in [0, 0.05) is 6.04 Å². The number of carbonyl (C=O) groups excluding carboxylic acids is 1. The Hall–Kier alpha value is -2.45. The van der Waals surface area contributed by atoms with Crippen LogP contribution < -0.4 is 10.1 Å². The molecule has 0 aliphatic carbocycles. The lowest BCUT2D eigenvalue weighted by atomic mass is 10.1. The number of amides is 1. The lowest BCUT2D eigenvalue weighted by Crippen LogP contribution is -2.43. The van der Waals surface area contributed by atoms with Crippen molar-refractivity contribution in [3.63, 3.8) is 0 Å². The maximum absolute atomic E-state index is 12.6. The Morgan fingerprint density at radius 1 is 1.26 bits per heavy atom. The van der Waals surface area contributed by atoms with Gasteiger partial charge in [-0.2, -0.15) is 0 Å². The van der Waals surface area contributed by atoms with Gasteiger partial charge in [0.1, 0.15) is 11.9 Å². The molecule has 27 heavy (non-hydrogen) atoms. The van der Waals surface area contributed by atoms with Gasteiger partial charge in [-0.15, -0.1) is 5.10 Å². The Bertz CT molecular complexity index is 796. The number of benzene rings is 1. The number of carbonyl (C=O) groups is 1. The van der Waals surface area contributed by atoms with Crippen molar-refractivity contribution < 1.29 is 14.3 Å². The Balaban J connectivity index is 1.42. The normalized spacial score (nSPS) is 20.9. The molecule has 1 amide bonds. The molecule has 4 rings (SSSR count). The number of hydrogen-bond acceptors (Lipinski definition) is 6. The molecule has 0 saturated carbocycles. The van der Waals surface area contributed by atoms with E-state index in [4.69, 9.17) is 9.47 Å². The highest BCUT2D eigenvalue weighted by Gasteiger charge is 2.29. The van der Waals surface area contributed by atoms with Gasteiger partial charge >= 0.3 is 0 Å². The Kier molecular flexibility index (Phi) is 5.09. The van der Waals surface area contributed by atoms with Gasteiger partial charge < -0.3 is 19.7 Å². The summed E-state index contributed by atoms with van der Waals surface area (Å²) in [5.74, 6) is 0.654. The van der Waals surface area contributed by atoms with Crippen LogP contribution in [0.4, 0.5) is 0 Å². The van der Waals surface area contributed by atoms with Crippen LogP contribution in [0.2, 0.25) is 0 Å². The van der Waals surface area contributed by atoms with Gasteiger partial charge in [0.25, 0.3) is 5.91 Å². The van der Waals surface area contributed by atoms with Crippen LogP contribution in [0.3, 0.4) is 0 Å². The van der Waals surface area contributed by atoms with Crippen LogP contribution in [0.1, 0.15) is 40.7 Å². The summed E-state index contributed by atoms with van der Waals surface area (Å²) in [7, 11) is 3.75. The summed E-state index contributed by atoms with van der Waals surface area (Å²) >= 11 is 0. The molecule has 1 unspecified atom stereocenters. The standard InChI is InChI=1S/C19H25N5O3/c1-23-9-7-14(8-10-23)20-19(25)18-16-12-27-17(11-24(16)22-21-18)13-3-5-15(26-2)6-4-13/h3-6,14,17H,7-12H2,1-2H3,(H,20,25). The van der Waals surface area contributed by atoms with E-state index in [9.17, 15) is 4.79 Å². The maximum atomic E-state index is 12.6. The highest BCUT2D eigenvalue weighted by molar-refractivity contribution is 5.93. The third-order valence-corrected chi connectivity index (χ3v) is 5.35. The molecule has 8 heteroatoms. The van der Waals surface area contributed by atoms with Crippen LogP contribution in [-0.4, -0.2) is 59.1 Å². The summed E-state index contributed by atoms with van der Waals surface area (Å²) in [5.41, 5.74) is 2.17. The van der Waals surface area contributed by atoms with Crippen molar-refractivity contribution in [2.75, 3.05) is 27.2 Å². The molecular weight excluding hydrogens is 346 g/mol. The van der Waals surface area contributed by atoms with Crippen molar-refractivity contribution in [1.82, 2.24) is 25.2 Å². The molecule has 1 saturated heterocycles. The largest absolute Gasteiger partial charge is 0.497 e. The first-order chi connectivity index (χ1) is 13.1. The van der Waals surface area contributed by atoms with Gasteiger partial charge in [0.05, 0.1) is 26.0 Å². The zero-order valence-electron chi connectivity index (χ0n) is 15.7. The van der Waals surface area contributed by atoms with Crippen LogP contribution in [-0.2, 0) is 17.9 Å². The minimum absolute atomic E-state index is 0.116. The molecule has 8 nitrogen and oxygen atoms in total. The minimum Gasteiger partial charge on any atom is -0.497 e. The van der Waals surface area contributed by atoms with E-state index >= 15 is 0 Å². The number of piperidine rings is 1. The lowest BCUT2D eigenvalue weighted by Gasteiger charge is -2.29. The molecule has 2 aliphatic heterocycles. The second-order valence-electron chi connectivity index (χ2n) is 7.19. The van der Waals surface area contributed by atoms with E-state index in [1.54, 1.807) is 11.8 Å². The molecule has 0 spiro atoms. The summed E-state index contributed by atoms with van der Waals surface area (Å²) in [6, 6.07) is 7.99. The van der Waals surface area contributed by atoms with Crippen molar-refractivity contribution in [1.29, 1.82) is 0 Å². The number of fused-ring (bicyclic) bond motifs is 1. The van der Waals surface area contributed by atoms with E-state index in [2.05, 4.69) is 27.6 Å². The third kappa shape index (κ3) is 3.81. The molecule has 2 aliphatic rings. The first-order valence-corrected chi connectivity index (χ1v) is 9.31. The van der Waals surface area contributed by atoms with Crippen molar-refractivity contribution in [2.24, 2.45) is 0 Å². The number of methoxy groups -OCH3 is 1. The van der Waals surface area contributed by atoms with E-state index in [0.717, 1.165) is 42.9 Å². The molecule has 1 fully saturated rings. The predicted molar refractivity (Wildman–Crippen MR) is 98.5 cm³/mol. The van der Waals surface area contributed by atoms with Gasteiger partial charge in [-0.1, -0.05) is 17.3 Å². The smallest absolute Gasteiger partial charge is 0.274 e. The fourth-order valence-corrected chi connectivity index (χ4v) is 3.61. The highest BCUT2D eigenvalue weighted by Crippen LogP contribution is 2.28. The summed E-state index contributed by atoms with van der Waals surface area (Å²) in [5, 5.41) is 11.4. The SMILES string of the molecule is COc1ccc(C2Cn3nnc(C(=O)NC4CCN(C)CC4)c3CO2)cc1. The summed E-state index contributed by atoms with van der Waals surface area (Å²) < 4.78 is 13.0. The van der Waals surface area contributed by atoms with Crippen molar-refractivity contribution in [3.8, 4) is 5.75 Å². The third-order valence-electron chi connectivity index (χ3n) is 5.35. The topological polar surface area (TPSA) is 81.5 Å². The zero-order chi connectivity index (χ0) is 18.8. The van der Waals surface area contributed by atoms with Gasteiger partial charge in [0.15, 0.2) is 5.69 Å². The Morgan fingerprint density at radius 3 is 2.70 bits per heavy atom. The predicted octanol–water partition coefficient (Wildman–Crippen LogP) is 1.38. The first kappa shape index (κ1) is 17.9. The van der Waals surface area contributed by atoms with Gasteiger partial charge in [0.2, 0.25) is 0 Å². The van der Waals surface area contributed by atoms with E-state index in [-0.39, 0.29) is 18.1 Å². The second kappa shape index (κ2) is 7.66. The number of nitrogens with zero attached hydrogens (tertiary/aromatic N) is 4. The fraction of sp³-hybridized carbons (Fsp3) is 0.526. The summed E-state index contributed by atoms with van der Waals surface area (Å²) in [6.45, 7) is 2.85. The van der Waals surface area contributed by atoms with E-state index in [1.165, 1.54) is 0 Å². The van der Waals surface area contributed by atoms with Crippen molar-refractivity contribution >= 4 is 5.91 Å². The van der Waals surface area contributed by atoms with Gasteiger partial charge in [-0.3, -0.25) is 4.79 Å². The van der Waals surface area contributed by atoms with Crippen molar-refractivity contribution in [2.45, 2.75) is 38.1 Å². The molecular formula is C19H25N5O3. The molecule has 1 aromatic carbocycles. The average Bonchev–Trinajstić information content (AvgIpc) is 3.13. The molecule has 1 N–H and O–H groups in total. The van der Waals surface area contributed by atoms with Crippen LogP contribution in [0, 0.1) is 0 Å². The first-order valence-electron chi connectivity index (χ1n) is 9.31. The van der Waals surface area contributed by atoms with Crippen LogP contribution in [0.15, 0.2) is 24.3 Å². The molecule has 1 atom stereocenters. The quantitative estimate of drug-likeness (QED) is 0.875. The Labute approximate surface area is 158 Å². The molecule has 0 bridgehead atoms. The molecule has 0 radical (unpaired) electrons. The molecule has 2 aromatic rings. The molecule has 144 valence electrons. The van der Waals surface area contributed by atoms with E-state index in [1.807, 2.05) is 24.3 Å². The fourth-order valence-electron chi connectivity index (χ4n) is 3.61. The zero-order valence-corrected chi connectivity index (χ0v) is 15.7. The molecule has 1 aromatic heterocycles. The van der Waals surface area contributed by atoms with Crippen molar-refractivity contribution in [3.05, 3.63) is 41.2 Å². The summed E-state index contributed by atoms with van der Waals surface area (Å²) in [6.07, 6.45) is 1.80. The highest BCUT2D eigenvalue weighted by atomic mass is 16.5. The number of aromatic nitrogens is 3. The number of likely N-dealkylation sites (tertiary alicyclic amines) is 1. The Morgan fingerprint density at radius 2 is 2.00 bits per heavy atom. The number of ether oxygens (including phenoxy) is 2. The molecule has 3 heterocycles. The number of rotatable bonds is 4.